The van der Waals surface area contributed by atoms with Gasteiger partial charge in [-0.05, 0) is 50.6 Å². The van der Waals surface area contributed by atoms with Gasteiger partial charge in [-0.15, -0.1) is 12.4 Å². The average Bonchev–Trinajstić information content (AvgIpc) is 3.05. The first-order chi connectivity index (χ1) is 11.0. The van der Waals surface area contributed by atoms with Crippen LogP contribution in [0.15, 0.2) is 28.8 Å². The molecule has 1 N–H and O–H groups in total. The third kappa shape index (κ3) is 4.06. The number of hydrogen-bond donors (Lipinski definition) is 1. The molecule has 0 bridgehead atoms. The van der Waals surface area contributed by atoms with E-state index in [9.17, 15) is 4.79 Å². The molecule has 2 unspecified atom stereocenters. The zero-order valence-corrected chi connectivity index (χ0v) is 14.8. The van der Waals surface area contributed by atoms with Crippen LogP contribution in [0.5, 0.6) is 0 Å². The lowest BCUT2D eigenvalue weighted by molar-refractivity contribution is -0.143. The molecular formula is C16H19Cl2N3O3. The summed E-state index contributed by atoms with van der Waals surface area (Å²) in [5.74, 6) is 0.356. The van der Waals surface area contributed by atoms with Gasteiger partial charge in [0.05, 0.1) is 5.92 Å². The van der Waals surface area contributed by atoms with Gasteiger partial charge in [0.25, 0.3) is 0 Å². The molecule has 130 valence electrons. The SMILES string of the molecule is CC(C(=O)O)N1CCCC(c2nc(-c3ccc(Cl)cc3)no2)C1.Cl. The molecule has 0 aliphatic carbocycles. The van der Waals surface area contributed by atoms with Crippen LogP contribution in [0.25, 0.3) is 11.4 Å². The maximum Gasteiger partial charge on any atom is 0.320 e. The maximum atomic E-state index is 11.2. The summed E-state index contributed by atoms with van der Waals surface area (Å²) in [6.07, 6.45) is 1.84. The summed E-state index contributed by atoms with van der Waals surface area (Å²) in [5, 5.41) is 13.9. The van der Waals surface area contributed by atoms with Gasteiger partial charge in [-0.1, -0.05) is 16.8 Å². The number of piperidine rings is 1. The molecule has 1 aromatic carbocycles. The van der Waals surface area contributed by atoms with E-state index in [2.05, 4.69) is 10.1 Å². The molecule has 1 saturated heterocycles. The molecule has 1 fully saturated rings. The van der Waals surface area contributed by atoms with Crippen LogP contribution >= 0.6 is 24.0 Å². The van der Waals surface area contributed by atoms with E-state index in [0.717, 1.165) is 24.9 Å². The van der Waals surface area contributed by atoms with Gasteiger partial charge in [0, 0.05) is 17.1 Å². The average molecular weight is 372 g/mol. The monoisotopic (exact) mass is 371 g/mol. The first-order valence-electron chi connectivity index (χ1n) is 7.61. The van der Waals surface area contributed by atoms with Gasteiger partial charge in [-0.2, -0.15) is 4.98 Å². The van der Waals surface area contributed by atoms with Crippen LogP contribution < -0.4 is 0 Å². The molecule has 1 aliphatic rings. The molecule has 0 amide bonds. The molecule has 2 heterocycles. The Bertz CT molecular complexity index is 690. The van der Waals surface area contributed by atoms with Crippen LogP contribution in [0.1, 0.15) is 31.6 Å². The summed E-state index contributed by atoms with van der Waals surface area (Å²) < 4.78 is 5.41. The highest BCUT2D eigenvalue weighted by atomic mass is 35.5. The lowest BCUT2D eigenvalue weighted by Crippen LogP contribution is -2.44. The highest BCUT2D eigenvalue weighted by molar-refractivity contribution is 6.30. The number of carbonyl (C=O) groups is 1. The minimum absolute atomic E-state index is 0. The van der Waals surface area contributed by atoms with Gasteiger partial charge in [-0.25, -0.2) is 0 Å². The molecule has 2 aromatic rings. The molecule has 6 nitrogen and oxygen atoms in total. The van der Waals surface area contributed by atoms with Crippen LogP contribution in [-0.2, 0) is 4.79 Å². The summed E-state index contributed by atoms with van der Waals surface area (Å²) in [6.45, 7) is 3.11. The number of rotatable bonds is 4. The molecule has 8 heteroatoms. The Morgan fingerprint density at radius 1 is 1.42 bits per heavy atom. The Labute approximate surface area is 151 Å². The number of likely N-dealkylation sites (tertiary alicyclic amines) is 1. The first-order valence-corrected chi connectivity index (χ1v) is 7.99. The lowest BCUT2D eigenvalue weighted by Gasteiger charge is -2.33. The van der Waals surface area contributed by atoms with Gasteiger partial charge < -0.3 is 9.63 Å². The number of carboxylic acids is 1. The fourth-order valence-electron chi connectivity index (χ4n) is 2.83. The van der Waals surface area contributed by atoms with Crippen molar-refractivity contribution in [2.45, 2.75) is 31.7 Å². The Balaban J connectivity index is 0.00000208. The van der Waals surface area contributed by atoms with Crippen molar-refractivity contribution in [2.24, 2.45) is 0 Å². The van der Waals surface area contributed by atoms with Crippen molar-refractivity contribution in [1.29, 1.82) is 0 Å². The van der Waals surface area contributed by atoms with Crippen LogP contribution in [0.4, 0.5) is 0 Å². The second kappa shape index (κ2) is 7.96. The normalized spacial score (nSPS) is 19.5. The lowest BCUT2D eigenvalue weighted by atomic mass is 9.97. The quantitative estimate of drug-likeness (QED) is 0.886. The Morgan fingerprint density at radius 3 is 2.79 bits per heavy atom. The van der Waals surface area contributed by atoms with Crippen molar-refractivity contribution in [3.8, 4) is 11.4 Å². The van der Waals surface area contributed by atoms with Crippen molar-refractivity contribution in [1.82, 2.24) is 15.0 Å². The molecule has 24 heavy (non-hydrogen) atoms. The maximum absolute atomic E-state index is 11.2. The number of halogens is 2. The molecule has 0 spiro atoms. The van der Waals surface area contributed by atoms with Gasteiger partial charge in [0.1, 0.15) is 6.04 Å². The smallest absolute Gasteiger partial charge is 0.320 e. The number of hydrogen-bond acceptors (Lipinski definition) is 5. The molecule has 1 aromatic heterocycles. The van der Waals surface area contributed by atoms with E-state index in [1.54, 1.807) is 19.1 Å². The van der Waals surface area contributed by atoms with E-state index in [1.165, 1.54) is 0 Å². The number of nitrogens with zero attached hydrogens (tertiary/aromatic N) is 3. The number of aliphatic carboxylic acids is 1. The van der Waals surface area contributed by atoms with E-state index < -0.39 is 12.0 Å². The van der Waals surface area contributed by atoms with E-state index >= 15 is 0 Å². The van der Waals surface area contributed by atoms with Gasteiger partial charge >= 0.3 is 5.97 Å². The van der Waals surface area contributed by atoms with E-state index in [4.69, 9.17) is 21.2 Å². The van der Waals surface area contributed by atoms with Gasteiger partial charge in [0.15, 0.2) is 0 Å². The van der Waals surface area contributed by atoms with Gasteiger partial charge in [-0.3, -0.25) is 9.69 Å². The third-order valence-electron chi connectivity index (χ3n) is 4.25. The summed E-state index contributed by atoms with van der Waals surface area (Å²) in [6, 6.07) is 6.75. The van der Waals surface area contributed by atoms with Crippen molar-refractivity contribution in [2.75, 3.05) is 13.1 Å². The number of aromatic nitrogens is 2. The molecular weight excluding hydrogens is 353 g/mol. The highest BCUT2D eigenvalue weighted by Crippen LogP contribution is 2.28. The standard InChI is InChI=1S/C16H18ClN3O3.ClH/c1-10(16(21)22)20-8-2-3-12(9-20)15-18-14(19-23-15)11-4-6-13(17)7-5-11;/h4-7,10,12H,2-3,8-9H2,1H3,(H,21,22);1H. The molecule has 0 radical (unpaired) electrons. The van der Waals surface area contributed by atoms with E-state index in [-0.39, 0.29) is 18.3 Å². The fraction of sp³-hybridized carbons (Fsp3) is 0.438. The predicted molar refractivity (Wildman–Crippen MR) is 92.6 cm³/mol. The third-order valence-corrected chi connectivity index (χ3v) is 4.50. The topological polar surface area (TPSA) is 79.5 Å². The summed E-state index contributed by atoms with van der Waals surface area (Å²) >= 11 is 5.88. The van der Waals surface area contributed by atoms with Crippen molar-refractivity contribution in [3.63, 3.8) is 0 Å². The summed E-state index contributed by atoms with van der Waals surface area (Å²) in [4.78, 5) is 17.6. The Hall–Kier alpha value is -1.63. The van der Waals surface area contributed by atoms with Crippen LogP contribution in [0.3, 0.4) is 0 Å². The zero-order chi connectivity index (χ0) is 16.4. The first kappa shape index (κ1) is 18.7. The molecule has 0 saturated carbocycles. The minimum Gasteiger partial charge on any atom is -0.480 e. The van der Waals surface area contributed by atoms with Crippen LogP contribution in [0, 0.1) is 0 Å². The van der Waals surface area contributed by atoms with Crippen molar-refractivity contribution in [3.05, 3.63) is 35.2 Å². The highest BCUT2D eigenvalue weighted by Gasteiger charge is 2.30. The van der Waals surface area contributed by atoms with Gasteiger partial charge in [0.2, 0.25) is 11.7 Å². The second-order valence-electron chi connectivity index (χ2n) is 5.81. The fourth-order valence-corrected chi connectivity index (χ4v) is 2.96. The summed E-state index contributed by atoms with van der Waals surface area (Å²) in [5.41, 5.74) is 0.843. The van der Waals surface area contributed by atoms with Crippen molar-refractivity contribution >= 4 is 30.0 Å². The second-order valence-corrected chi connectivity index (χ2v) is 6.25. The Kier molecular flexibility index (Phi) is 6.21. The molecule has 2 atom stereocenters. The van der Waals surface area contributed by atoms with Crippen LogP contribution in [0.2, 0.25) is 5.02 Å². The molecule has 1 aliphatic heterocycles. The number of benzene rings is 1. The minimum atomic E-state index is -0.807. The largest absolute Gasteiger partial charge is 0.480 e. The van der Waals surface area contributed by atoms with E-state index in [0.29, 0.717) is 23.3 Å². The summed E-state index contributed by atoms with van der Waals surface area (Å²) in [7, 11) is 0. The zero-order valence-electron chi connectivity index (χ0n) is 13.2. The molecule has 3 rings (SSSR count). The number of carboxylic acid groups (broad SMARTS) is 1. The van der Waals surface area contributed by atoms with Crippen LogP contribution in [-0.4, -0.2) is 45.2 Å². The van der Waals surface area contributed by atoms with E-state index in [1.807, 2.05) is 17.0 Å². The Morgan fingerprint density at radius 2 is 2.12 bits per heavy atom. The predicted octanol–water partition coefficient (Wildman–Crippen LogP) is 3.46. The van der Waals surface area contributed by atoms with Crippen molar-refractivity contribution < 1.29 is 14.4 Å².